The molecule has 2 unspecified atom stereocenters. The van der Waals surface area contributed by atoms with Gasteiger partial charge in [-0.2, -0.15) is 0 Å². The second-order valence-corrected chi connectivity index (χ2v) is 4.32. The molecule has 2 N–H and O–H groups in total. The van der Waals surface area contributed by atoms with Gasteiger partial charge in [0, 0.05) is 24.7 Å². The molecule has 1 aliphatic carbocycles. The minimum atomic E-state index is 0.141. The van der Waals surface area contributed by atoms with Gasteiger partial charge in [-0.1, -0.05) is 13.3 Å². The SMILES string of the molecule is CCC1CC1NC(=O)C(C)=C1CNC1. The Bertz CT molecular complexity index is 277. The van der Waals surface area contributed by atoms with Crippen LogP contribution in [0.4, 0.5) is 0 Å². The molecular weight excluding hydrogens is 176 g/mol. The van der Waals surface area contributed by atoms with Gasteiger partial charge in [-0.05, 0) is 24.8 Å². The number of rotatable bonds is 3. The van der Waals surface area contributed by atoms with E-state index in [2.05, 4.69) is 17.6 Å². The fourth-order valence-corrected chi connectivity index (χ4v) is 1.83. The number of nitrogens with one attached hydrogen (secondary N) is 2. The largest absolute Gasteiger partial charge is 0.349 e. The van der Waals surface area contributed by atoms with Gasteiger partial charge in [-0.15, -0.1) is 0 Å². The Labute approximate surface area is 84.9 Å². The van der Waals surface area contributed by atoms with E-state index in [4.69, 9.17) is 0 Å². The van der Waals surface area contributed by atoms with E-state index < -0.39 is 0 Å². The molecule has 1 amide bonds. The maximum Gasteiger partial charge on any atom is 0.247 e. The minimum Gasteiger partial charge on any atom is -0.349 e. The summed E-state index contributed by atoms with van der Waals surface area (Å²) >= 11 is 0. The summed E-state index contributed by atoms with van der Waals surface area (Å²) < 4.78 is 0. The zero-order chi connectivity index (χ0) is 10.1. The van der Waals surface area contributed by atoms with Crippen LogP contribution in [0.2, 0.25) is 0 Å². The lowest BCUT2D eigenvalue weighted by molar-refractivity contribution is -0.117. The van der Waals surface area contributed by atoms with Gasteiger partial charge < -0.3 is 10.6 Å². The molecule has 0 aromatic heterocycles. The molecule has 3 heteroatoms. The zero-order valence-corrected chi connectivity index (χ0v) is 8.89. The third kappa shape index (κ3) is 1.82. The van der Waals surface area contributed by atoms with Crippen LogP contribution in [0.3, 0.4) is 0 Å². The van der Waals surface area contributed by atoms with Crippen molar-refractivity contribution in [1.82, 2.24) is 10.6 Å². The lowest BCUT2D eigenvalue weighted by Crippen LogP contribution is -2.38. The molecule has 3 nitrogen and oxygen atoms in total. The van der Waals surface area contributed by atoms with Crippen LogP contribution in [-0.2, 0) is 4.79 Å². The molecule has 0 spiro atoms. The summed E-state index contributed by atoms with van der Waals surface area (Å²) in [7, 11) is 0. The minimum absolute atomic E-state index is 0.141. The second kappa shape index (κ2) is 3.73. The standard InChI is InChI=1S/C11H18N2O/c1-3-8-4-10(8)13-11(14)7(2)9-5-12-6-9/h8,10,12H,3-6H2,1-2H3,(H,13,14). The Kier molecular flexibility index (Phi) is 2.59. The Morgan fingerprint density at radius 1 is 1.57 bits per heavy atom. The Morgan fingerprint density at radius 3 is 2.71 bits per heavy atom. The fourth-order valence-electron chi connectivity index (χ4n) is 1.83. The van der Waals surface area contributed by atoms with Gasteiger partial charge >= 0.3 is 0 Å². The Morgan fingerprint density at radius 2 is 2.29 bits per heavy atom. The topological polar surface area (TPSA) is 41.1 Å². The number of hydrogen-bond donors (Lipinski definition) is 2. The van der Waals surface area contributed by atoms with E-state index in [9.17, 15) is 4.79 Å². The van der Waals surface area contributed by atoms with Crippen LogP contribution in [0.15, 0.2) is 11.1 Å². The van der Waals surface area contributed by atoms with E-state index in [1.54, 1.807) is 0 Å². The highest BCUT2D eigenvalue weighted by Crippen LogP contribution is 2.33. The van der Waals surface area contributed by atoms with Crippen molar-refractivity contribution in [3.8, 4) is 0 Å². The predicted octanol–water partition coefficient (Wildman–Crippen LogP) is 0.821. The molecule has 2 atom stereocenters. The molecule has 14 heavy (non-hydrogen) atoms. The first kappa shape index (κ1) is 9.71. The van der Waals surface area contributed by atoms with Crippen LogP contribution in [-0.4, -0.2) is 25.0 Å². The Balaban J connectivity index is 1.84. The van der Waals surface area contributed by atoms with Crippen molar-refractivity contribution in [3.63, 3.8) is 0 Å². The van der Waals surface area contributed by atoms with Crippen LogP contribution in [0, 0.1) is 5.92 Å². The first-order valence-electron chi connectivity index (χ1n) is 5.42. The van der Waals surface area contributed by atoms with Crippen LogP contribution < -0.4 is 10.6 Å². The first-order chi connectivity index (χ1) is 6.72. The maximum absolute atomic E-state index is 11.7. The molecule has 78 valence electrons. The highest BCUT2D eigenvalue weighted by Gasteiger charge is 2.36. The van der Waals surface area contributed by atoms with Gasteiger partial charge in [0.15, 0.2) is 0 Å². The summed E-state index contributed by atoms with van der Waals surface area (Å²) in [4.78, 5) is 11.7. The molecule has 0 radical (unpaired) electrons. The average Bonchev–Trinajstić information content (AvgIpc) is 2.80. The highest BCUT2D eigenvalue weighted by atomic mass is 16.1. The summed E-state index contributed by atoms with van der Waals surface area (Å²) in [6, 6.07) is 0.455. The van der Waals surface area contributed by atoms with Crippen LogP contribution in [0.1, 0.15) is 26.7 Å². The monoisotopic (exact) mass is 194 g/mol. The molecule has 1 saturated carbocycles. The van der Waals surface area contributed by atoms with Gasteiger partial charge in [0.05, 0.1) is 0 Å². The molecule has 2 fully saturated rings. The number of amides is 1. The molecule has 0 aromatic carbocycles. The smallest absolute Gasteiger partial charge is 0.247 e. The van der Waals surface area contributed by atoms with Crippen molar-refractivity contribution in [1.29, 1.82) is 0 Å². The molecule has 0 aromatic rings. The third-order valence-corrected chi connectivity index (χ3v) is 3.31. The van der Waals surface area contributed by atoms with Gasteiger partial charge in [0.25, 0.3) is 0 Å². The van der Waals surface area contributed by atoms with Gasteiger partial charge in [-0.25, -0.2) is 0 Å². The van der Waals surface area contributed by atoms with Crippen molar-refractivity contribution in [2.45, 2.75) is 32.7 Å². The number of carbonyl (C=O) groups is 1. The van der Waals surface area contributed by atoms with Crippen LogP contribution in [0.25, 0.3) is 0 Å². The Hall–Kier alpha value is -0.830. The number of carbonyl (C=O) groups excluding carboxylic acids is 1. The summed E-state index contributed by atoms with van der Waals surface area (Å²) in [5.41, 5.74) is 2.18. The van der Waals surface area contributed by atoms with Crippen LogP contribution >= 0.6 is 0 Å². The highest BCUT2D eigenvalue weighted by molar-refractivity contribution is 5.94. The van der Waals surface area contributed by atoms with Gasteiger partial charge in [0.1, 0.15) is 0 Å². The summed E-state index contributed by atoms with van der Waals surface area (Å²) in [6.45, 7) is 5.88. The maximum atomic E-state index is 11.7. The quantitative estimate of drug-likeness (QED) is 0.653. The normalized spacial score (nSPS) is 29.4. The zero-order valence-electron chi connectivity index (χ0n) is 8.89. The third-order valence-electron chi connectivity index (χ3n) is 3.31. The van der Waals surface area contributed by atoms with Crippen molar-refractivity contribution in [2.24, 2.45) is 5.92 Å². The van der Waals surface area contributed by atoms with Gasteiger partial charge in [0.2, 0.25) is 5.91 Å². The van der Waals surface area contributed by atoms with Crippen molar-refractivity contribution in [2.75, 3.05) is 13.1 Å². The molecule has 1 saturated heterocycles. The van der Waals surface area contributed by atoms with E-state index in [1.165, 1.54) is 18.4 Å². The summed E-state index contributed by atoms with van der Waals surface area (Å²) in [5.74, 6) is 0.874. The van der Waals surface area contributed by atoms with Crippen LogP contribution in [0.5, 0.6) is 0 Å². The van der Waals surface area contributed by atoms with E-state index >= 15 is 0 Å². The second-order valence-electron chi connectivity index (χ2n) is 4.32. The lowest BCUT2D eigenvalue weighted by Gasteiger charge is -2.21. The van der Waals surface area contributed by atoms with E-state index in [-0.39, 0.29) is 5.91 Å². The fraction of sp³-hybridized carbons (Fsp3) is 0.727. The number of hydrogen-bond acceptors (Lipinski definition) is 2. The van der Waals surface area contributed by atoms with E-state index in [0.717, 1.165) is 24.6 Å². The molecule has 2 aliphatic rings. The van der Waals surface area contributed by atoms with Crippen molar-refractivity contribution < 1.29 is 4.79 Å². The van der Waals surface area contributed by atoms with E-state index in [0.29, 0.717) is 6.04 Å². The first-order valence-corrected chi connectivity index (χ1v) is 5.42. The molecule has 0 bridgehead atoms. The predicted molar refractivity (Wildman–Crippen MR) is 55.9 cm³/mol. The van der Waals surface area contributed by atoms with Crippen molar-refractivity contribution >= 4 is 5.91 Å². The van der Waals surface area contributed by atoms with Crippen molar-refractivity contribution in [3.05, 3.63) is 11.1 Å². The summed E-state index contributed by atoms with van der Waals surface area (Å²) in [6.07, 6.45) is 2.35. The van der Waals surface area contributed by atoms with E-state index in [1.807, 2.05) is 6.92 Å². The van der Waals surface area contributed by atoms with Gasteiger partial charge in [-0.3, -0.25) is 4.79 Å². The lowest BCUT2D eigenvalue weighted by atomic mass is 10.0. The average molecular weight is 194 g/mol. The molecular formula is C11H18N2O. The molecule has 1 aliphatic heterocycles. The molecule has 2 rings (SSSR count). The molecule has 1 heterocycles. The summed E-state index contributed by atoms with van der Waals surface area (Å²) in [5, 5.41) is 6.23.